The predicted molar refractivity (Wildman–Crippen MR) is 169 cm³/mol. The normalized spacial score (nSPS) is 21.9. The smallest absolute Gasteiger partial charge is 0.349 e. The zero-order chi connectivity index (χ0) is 32.9. The summed E-state index contributed by atoms with van der Waals surface area (Å²) in [6.07, 6.45) is -1.40. The topological polar surface area (TPSA) is 90.5 Å². The van der Waals surface area contributed by atoms with Crippen molar-refractivity contribution in [2.24, 2.45) is 5.92 Å². The lowest BCUT2D eigenvalue weighted by Gasteiger charge is -2.34. The van der Waals surface area contributed by atoms with Crippen molar-refractivity contribution in [3.63, 3.8) is 0 Å². The number of carbonyl (C=O) groups excluding carboxylic acids is 1. The van der Waals surface area contributed by atoms with Crippen LogP contribution in [-0.4, -0.2) is 63.7 Å². The molecule has 5 rings (SSSR count). The van der Waals surface area contributed by atoms with Crippen molar-refractivity contribution >= 4 is 15.9 Å². The van der Waals surface area contributed by atoms with Gasteiger partial charge < -0.3 is 10.6 Å². The number of rotatable bonds is 10. The van der Waals surface area contributed by atoms with E-state index < -0.39 is 22.2 Å². The first-order valence-electron chi connectivity index (χ1n) is 15.7. The SMILES string of the molecule is C[C@@H](NC(=O)[C@H]1CC[C@H](NS(=O)(=O)c2ccc(-c3ccc(CCN4CCNC(C(F)(F)F)C4)cc3)cc2)CC1)c1ccc(F)cc1. The van der Waals surface area contributed by atoms with Crippen molar-refractivity contribution in [3.05, 3.63) is 89.7 Å². The summed E-state index contributed by atoms with van der Waals surface area (Å²) < 4.78 is 81.4. The number of amides is 1. The average Bonchev–Trinajstić information content (AvgIpc) is 3.04. The van der Waals surface area contributed by atoms with E-state index in [0.29, 0.717) is 51.7 Å². The van der Waals surface area contributed by atoms with Crippen LogP contribution in [0.3, 0.4) is 0 Å². The van der Waals surface area contributed by atoms with Gasteiger partial charge in [0, 0.05) is 38.1 Å². The van der Waals surface area contributed by atoms with Gasteiger partial charge in [-0.2, -0.15) is 13.2 Å². The summed E-state index contributed by atoms with van der Waals surface area (Å²) in [5.74, 6) is -0.626. The minimum atomic E-state index is -4.25. The first-order chi connectivity index (χ1) is 21.9. The Morgan fingerprint density at radius 2 is 1.54 bits per heavy atom. The van der Waals surface area contributed by atoms with Gasteiger partial charge in [0.1, 0.15) is 11.9 Å². The molecule has 1 aliphatic carbocycles. The van der Waals surface area contributed by atoms with Crippen LogP contribution in [0.15, 0.2) is 77.7 Å². The van der Waals surface area contributed by atoms with Gasteiger partial charge in [-0.25, -0.2) is 17.5 Å². The molecule has 3 N–H and O–H groups in total. The fourth-order valence-corrected chi connectivity index (χ4v) is 7.44. The van der Waals surface area contributed by atoms with Crippen LogP contribution in [0.4, 0.5) is 17.6 Å². The molecule has 1 aliphatic heterocycles. The van der Waals surface area contributed by atoms with Gasteiger partial charge in [-0.05, 0) is 85.5 Å². The Balaban J connectivity index is 1.08. The van der Waals surface area contributed by atoms with Crippen LogP contribution >= 0.6 is 0 Å². The minimum absolute atomic E-state index is 0.0521. The van der Waals surface area contributed by atoms with Gasteiger partial charge in [-0.1, -0.05) is 48.5 Å². The number of hydrogen-bond donors (Lipinski definition) is 3. The van der Waals surface area contributed by atoms with Gasteiger partial charge in [0.05, 0.1) is 10.9 Å². The summed E-state index contributed by atoms with van der Waals surface area (Å²) in [4.78, 5) is 14.8. The largest absolute Gasteiger partial charge is 0.405 e. The minimum Gasteiger partial charge on any atom is -0.349 e. The van der Waals surface area contributed by atoms with E-state index in [1.54, 1.807) is 36.4 Å². The van der Waals surface area contributed by atoms with E-state index in [2.05, 4.69) is 15.4 Å². The van der Waals surface area contributed by atoms with Gasteiger partial charge in [-0.15, -0.1) is 0 Å². The molecule has 1 unspecified atom stereocenters. The fraction of sp³-hybridized carbons (Fsp3) is 0.441. The second-order valence-corrected chi connectivity index (χ2v) is 14.0. The highest BCUT2D eigenvalue weighted by atomic mass is 32.2. The predicted octanol–water partition coefficient (Wildman–Crippen LogP) is 5.59. The number of nitrogens with zero attached hydrogens (tertiary/aromatic N) is 1. The van der Waals surface area contributed by atoms with Crippen LogP contribution in [0.25, 0.3) is 11.1 Å². The van der Waals surface area contributed by atoms with Crippen LogP contribution in [0.5, 0.6) is 0 Å². The van der Waals surface area contributed by atoms with Gasteiger partial charge in [0.25, 0.3) is 0 Å². The summed E-state index contributed by atoms with van der Waals surface area (Å²) in [6.45, 7) is 3.22. The van der Waals surface area contributed by atoms with E-state index in [-0.39, 0.29) is 41.2 Å². The monoisotopic (exact) mass is 660 g/mol. The van der Waals surface area contributed by atoms with Crippen molar-refractivity contribution in [2.75, 3.05) is 26.2 Å². The molecule has 2 fully saturated rings. The molecule has 1 saturated carbocycles. The van der Waals surface area contributed by atoms with Crippen molar-refractivity contribution < 1.29 is 30.8 Å². The average molecular weight is 661 g/mol. The Kier molecular flexibility index (Phi) is 10.8. The van der Waals surface area contributed by atoms with Gasteiger partial charge in [0.2, 0.25) is 15.9 Å². The molecule has 3 aromatic rings. The van der Waals surface area contributed by atoms with Gasteiger partial charge >= 0.3 is 6.18 Å². The molecule has 248 valence electrons. The van der Waals surface area contributed by atoms with E-state index in [4.69, 9.17) is 0 Å². The lowest BCUT2D eigenvalue weighted by atomic mass is 9.85. The van der Waals surface area contributed by atoms with Crippen molar-refractivity contribution in [2.45, 2.75) is 68.2 Å². The van der Waals surface area contributed by atoms with Crippen LogP contribution in [0.1, 0.15) is 49.8 Å². The second-order valence-electron chi connectivity index (χ2n) is 12.3. The molecule has 0 radical (unpaired) electrons. The Morgan fingerprint density at radius 3 is 2.15 bits per heavy atom. The third-order valence-corrected chi connectivity index (χ3v) is 10.5. The van der Waals surface area contributed by atoms with E-state index in [1.165, 1.54) is 12.1 Å². The lowest BCUT2D eigenvalue weighted by Crippen LogP contribution is -2.57. The summed E-state index contributed by atoms with van der Waals surface area (Å²) in [7, 11) is -3.75. The Labute approximate surface area is 267 Å². The molecule has 2 atom stereocenters. The summed E-state index contributed by atoms with van der Waals surface area (Å²) in [5.41, 5.74) is 3.59. The number of sulfonamides is 1. The highest BCUT2D eigenvalue weighted by molar-refractivity contribution is 7.89. The Morgan fingerprint density at radius 1 is 0.935 bits per heavy atom. The highest BCUT2D eigenvalue weighted by Crippen LogP contribution is 2.28. The lowest BCUT2D eigenvalue weighted by molar-refractivity contribution is -0.164. The fourth-order valence-electron chi connectivity index (χ4n) is 6.14. The number of piperazine rings is 1. The van der Waals surface area contributed by atoms with E-state index in [1.807, 2.05) is 36.1 Å². The number of alkyl halides is 3. The standard InChI is InChI=1S/C34H40F4N4O3S/c1-23(25-6-12-29(35)13-7-25)40-33(43)28-8-14-30(15-9-28)41-46(44,45)31-16-10-27(11-17-31)26-4-2-24(3-5-26)18-20-42-21-19-39-32(22-42)34(36,37)38/h2-7,10-13,16-17,23,28,30,32,39,41H,8-9,14-15,18-22H2,1H3,(H,40,43)/t23-,28-,30-,32?/m1/s1. The number of benzene rings is 3. The molecule has 3 aromatic carbocycles. The van der Waals surface area contributed by atoms with Crippen molar-refractivity contribution in [3.8, 4) is 11.1 Å². The number of halogens is 4. The molecule has 0 bridgehead atoms. The molecular formula is C34H40F4N4O3S. The van der Waals surface area contributed by atoms with Crippen LogP contribution in [0.2, 0.25) is 0 Å². The van der Waals surface area contributed by atoms with Crippen molar-refractivity contribution in [1.29, 1.82) is 0 Å². The van der Waals surface area contributed by atoms with Gasteiger partial charge in [-0.3, -0.25) is 9.69 Å². The van der Waals surface area contributed by atoms with Crippen LogP contribution in [0, 0.1) is 11.7 Å². The summed E-state index contributed by atoms with van der Waals surface area (Å²) in [6, 6.07) is 18.4. The first-order valence-corrected chi connectivity index (χ1v) is 17.2. The summed E-state index contributed by atoms with van der Waals surface area (Å²) in [5, 5.41) is 5.52. The molecular weight excluding hydrogens is 620 g/mol. The second kappa shape index (κ2) is 14.6. The molecule has 2 aliphatic rings. The number of carbonyl (C=O) groups is 1. The molecule has 0 spiro atoms. The Bertz CT molecular complexity index is 1560. The molecule has 1 heterocycles. The molecule has 12 heteroatoms. The van der Waals surface area contributed by atoms with Gasteiger partial charge in [0.15, 0.2) is 0 Å². The van der Waals surface area contributed by atoms with E-state index in [9.17, 15) is 30.8 Å². The first kappa shape index (κ1) is 34.0. The highest BCUT2D eigenvalue weighted by Gasteiger charge is 2.41. The summed E-state index contributed by atoms with van der Waals surface area (Å²) >= 11 is 0. The van der Waals surface area contributed by atoms with Crippen molar-refractivity contribution in [1.82, 2.24) is 20.3 Å². The van der Waals surface area contributed by atoms with E-state index in [0.717, 1.165) is 22.3 Å². The zero-order valence-electron chi connectivity index (χ0n) is 25.7. The molecule has 1 amide bonds. The van der Waals surface area contributed by atoms with Crippen LogP contribution < -0.4 is 15.4 Å². The quantitative estimate of drug-likeness (QED) is 0.247. The maximum Gasteiger partial charge on any atom is 0.405 e. The third-order valence-electron chi connectivity index (χ3n) is 8.97. The zero-order valence-corrected chi connectivity index (χ0v) is 26.5. The molecule has 7 nitrogen and oxygen atoms in total. The Hall–Kier alpha value is -3.32. The maximum absolute atomic E-state index is 13.2. The third kappa shape index (κ3) is 8.93. The van der Waals surface area contributed by atoms with E-state index >= 15 is 0 Å². The maximum atomic E-state index is 13.2. The molecule has 1 saturated heterocycles. The number of nitrogens with one attached hydrogen (secondary N) is 3. The molecule has 46 heavy (non-hydrogen) atoms. The number of hydrogen-bond acceptors (Lipinski definition) is 5. The molecule has 0 aromatic heterocycles. The van der Waals surface area contributed by atoms with Crippen LogP contribution in [-0.2, 0) is 21.2 Å².